The van der Waals surface area contributed by atoms with Crippen molar-refractivity contribution in [2.24, 2.45) is 0 Å². The van der Waals surface area contributed by atoms with Gasteiger partial charge in [-0.15, -0.1) is 0 Å². The molecule has 0 radical (unpaired) electrons. The molecule has 0 saturated heterocycles. The number of nitrogens with one attached hydrogen (secondary N) is 1. The van der Waals surface area contributed by atoms with Crippen molar-refractivity contribution in [1.29, 1.82) is 5.26 Å². The molecule has 0 atom stereocenters. The van der Waals surface area contributed by atoms with Crippen molar-refractivity contribution >= 4 is 17.5 Å². The molecule has 0 fully saturated rings. The Kier molecular flexibility index (Phi) is 7.96. The van der Waals surface area contributed by atoms with Gasteiger partial charge in [0.05, 0.1) is 19.1 Å². The zero-order chi connectivity index (χ0) is 22.1. The van der Waals surface area contributed by atoms with Crippen molar-refractivity contribution in [3.63, 3.8) is 0 Å². The number of hydrogen-bond acceptors (Lipinski definition) is 5. The van der Waals surface area contributed by atoms with Crippen LogP contribution in [-0.2, 0) is 27.4 Å². The van der Waals surface area contributed by atoms with Crippen molar-refractivity contribution < 1.29 is 23.5 Å². The minimum Gasteiger partial charge on any atom is -0.467 e. The first kappa shape index (κ1) is 22.2. The molecule has 1 heterocycles. The van der Waals surface area contributed by atoms with E-state index in [1.165, 1.54) is 17.0 Å². The molecule has 1 N–H and O–H groups in total. The number of ether oxygens (including phenoxy) is 2. The Bertz CT molecular complexity index is 959. The number of carbonyl (C=O) groups excluding carboxylic acids is 2. The summed E-state index contributed by atoms with van der Waals surface area (Å²) in [6, 6.07) is 13.9. The van der Waals surface area contributed by atoms with E-state index in [1.54, 1.807) is 12.1 Å². The van der Waals surface area contributed by atoms with Crippen LogP contribution < -0.4 is 15.0 Å². The molecule has 0 spiro atoms. The molecule has 162 valence electrons. The second-order valence-electron chi connectivity index (χ2n) is 7.05. The zero-order valence-electron chi connectivity index (χ0n) is 17.1. The molecule has 0 bridgehead atoms. The first-order valence-electron chi connectivity index (χ1n) is 10.1. The Labute approximate surface area is 180 Å². The average Bonchev–Trinajstić information content (AvgIpc) is 2.78. The molecular weight excluding hydrogens is 401 g/mol. The summed E-state index contributed by atoms with van der Waals surface area (Å²) in [7, 11) is 0. The molecule has 7 nitrogen and oxygen atoms in total. The van der Waals surface area contributed by atoms with Gasteiger partial charge in [0.2, 0.25) is 11.8 Å². The third-order valence-electron chi connectivity index (χ3n) is 4.85. The number of carbonyl (C=O) groups is 2. The maximum atomic E-state index is 13.8. The Morgan fingerprint density at radius 2 is 2.00 bits per heavy atom. The van der Waals surface area contributed by atoms with Gasteiger partial charge in [-0.05, 0) is 36.2 Å². The summed E-state index contributed by atoms with van der Waals surface area (Å²) in [4.78, 5) is 26.3. The van der Waals surface area contributed by atoms with Crippen molar-refractivity contribution in [2.75, 3.05) is 24.8 Å². The van der Waals surface area contributed by atoms with Gasteiger partial charge in [-0.3, -0.25) is 9.59 Å². The number of hydrogen-bond donors (Lipinski definition) is 1. The third kappa shape index (κ3) is 6.27. The molecule has 2 aromatic rings. The number of para-hydroxylation sites is 1. The van der Waals surface area contributed by atoms with E-state index in [4.69, 9.17) is 14.7 Å². The van der Waals surface area contributed by atoms with Crippen LogP contribution in [0.15, 0.2) is 42.5 Å². The average molecular weight is 425 g/mol. The Hall–Kier alpha value is -3.44. The van der Waals surface area contributed by atoms with Gasteiger partial charge in [-0.2, -0.15) is 5.26 Å². The normalized spacial score (nSPS) is 12.3. The van der Waals surface area contributed by atoms with Gasteiger partial charge < -0.3 is 19.7 Å². The second-order valence-corrected chi connectivity index (χ2v) is 7.05. The molecule has 8 heteroatoms. The van der Waals surface area contributed by atoms with Crippen LogP contribution in [0.5, 0.6) is 5.75 Å². The topological polar surface area (TPSA) is 91.7 Å². The fraction of sp³-hybridized carbons (Fsp3) is 0.348. The lowest BCUT2D eigenvalue weighted by Crippen LogP contribution is -2.33. The molecule has 31 heavy (non-hydrogen) atoms. The van der Waals surface area contributed by atoms with E-state index in [-0.39, 0.29) is 56.8 Å². The summed E-state index contributed by atoms with van der Waals surface area (Å²) < 4.78 is 24.4. The first-order chi connectivity index (χ1) is 15.1. The first-order valence-corrected chi connectivity index (χ1v) is 10.1. The Morgan fingerprint density at radius 3 is 2.77 bits per heavy atom. The molecule has 1 aliphatic rings. The highest BCUT2D eigenvalue weighted by atomic mass is 19.1. The van der Waals surface area contributed by atoms with Gasteiger partial charge in [0.25, 0.3) is 0 Å². The number of fused-ring (bicyclic) bond motifs is 1. The van der Waals surface area contributed by atoms with Gasteiger partial charge in [0, 0.05) is 37.2 Å². The van der Waals surface area contributed by atoms with Crippen molar-refractivity contribution in [1.82, 2.24) is 5.32 Å². The van der Waals surface area contributed by atoms with Crippen molar-refractivity contribution in [2.45, 2.75) is 32.3 Å². The van der Waals surface area contributed by atoms with Gasteiger partial charge in [-0.25, -0.2) is 4.39 Å². The van der Waals surface area contributed by atoms with Gasteiger partial charge in [-0.1, -0.05) is 18.2 Å². The molecule has 0 unspecified atom stereocenters. The van der Waals surface area contributed by atoms with Crippen LogP contribution in [0.3, 0.4) is 0 Å². The number of benzene rings is 2. The SMILES string of the molecule is N#CCCN(C(=O)CCC(=O)NCCc1cc(F)cc2c1OCOC2)c1ccccc1. The van der Waals surface area contributed by atoms with Gasteiger partial charge in [0.1, 0.15) is 11.6 Å². The highest BCUT2D eigenvalue weighted by molar-refractivity contribution is 5.95. The molecular formula is C23H24FN3O4. The largest absolute Gasteiger partial charge is 0.467 e. The Balaban J connectivity index is 1.49. The third-order valence-corrected chi connectivity index (χ3v) is 4.85. The van der Waals surface area contributed by atoms with E-state index in [0.717, 1.165) is 0 Å². The smallest absolute Gasteiger partial charge is 0.227 e. The van der Waals surface area contributed by atoms with E-state index in [0.29, 0.717) is 35.5 Å². The summed E-state index contributed by atoms with van der Waals surface area (Å²) in [6.07, 6.45) is 0.665. The van der Waals surface area contributed by atoms with Crippen LogP contribution in [0, 0.1) is 17.1 Å². The highest BCUT2D eigenvalue weighted by Gasteiger charge is 2.18. The number of halogens is 1. The fourth-order valence-electron chi connectivity index (χ4n) is 3.39. The van der Waals surface area contributed by atoms with E-state index >= 15 is 0 Å². The van der Waals surface area contributed by atoms with Crippen LogP contribution in [0.4, 0.5) is 10.1 Å². The quantitative estimate of drug-likeness (QED) is 0.667. The highest BCUT2D eigenvalue weighted by Crippen LogP contribution is 2.29. The standard InChI is InChI=1S/C23H24FN3O4/c24-19-13-17(23-18(14-19)15-30-16-31-23)9-11-26-21(28)7-8-22(29)27(12-4-10-25)20-5-2-1-3-6-20/h1-3,5-6,13-14H,4,7-9,11-12,15-16H2,(H,26,28). The van der Waals surface area contributed by atoms with Crippen molar-refractivity contribution in [3.8, 4) is 11.8 Å². The van der Waals surface area contributed by atoms with Crippen LogP contribution in [-0.4, -0.2) is 31.7 Å². The zero-order valence-corrected chi connectivity index (χ0v) is 17.1. The summed E-state index contributed by atoms with van der Waals surface area (Å²) in [6.45, 7) is 0.974. The van der Waals surface area contributed by atoms with Gasteiger partial charge >= 0.3 is 0 Å². The van der Waals surface area contributed by atoms with E-state index in [2.05, 4.69) is 5.32 Å². The molecule has 2 amide bonds. The number of nitrogens with zero attached hydrogens (tertiary/aromatic N) is 2. The fourth-order valence-corrected chi connectivity index (χ4v) is 3.39. The maximum absolute atomic E-state index is 13.8. The van der Waals surface area contributed by atoms with E-state index < -0.39 is 0 Å². The predicted octanol–water partition coefficient (Wildman–Crippen LogP) is 3.08. The summed E-state index contributed by atoms with van der Waals surface area (Å²) in [5, 5.41) is 11.6. The lowest BCUT2D eigenvalue weighted by Gasteiger charge is -2.22. The molecule has 3 rings (SSSR count). The summed E-state index contributed by atoms with van der Waals surface area (Å²) in [5.74, 6) is -0.258. The number of nitriles is 1. The van der Waals surface area contributed by atoms with Crippen LogP contribution >= 0.6 is 0 Å². The predicted molar refractivity (Wildman–Crippen MR) is 112 cm³/mol. The molecule has 1 aliphatic heterocycles. The molecule has 2 aromatic carbocycles. The minimum atomic E-state index is -0.377. The second kappa shape index (κ2) is 11.1. The van der Waals surface area contributed by atoms with E-state index in [1.807, 2.05) is 24.3 Å². The lowest BCUT2D eigenvalue weighted by molar-refractivity contribution is -0.125. The molecule has 0 aliphatic carbocycles. The van der Waals surface area contributed by atoms with E-state index in [9.17, 15) is 14.0 Å². The number of amides is 2. The lowest BCUT2D eigenvalue weighted by atomic mass is 10.1. The van der Waals surface area contributed by atoms with Crippen LogP contribution in [0.25, 0.3) is 0 Å². The maximum Gasteiger partial charge on any atom is 0.227 e. The Morgan fingerprint density at radius 1 is 1.19 bits per heavy atom. The summed E-state index contributed by atoms with van der Waals surface area (Å²) in [5.41, 5.74) is 2.01. The van der Waals surface area contributed by atoms with Gasteiger partial charge in [0.15, 0.2) is 6.79 Å². The number of anilines is 1. The summed E-state index contributed by atoms with van der Waals surface area (Å²) >= 11 is 0. The van der Waals surface area contributed by atoms with Crippen LogP contribution in [0.2, 0.25) is 0 Å². The molecule has 0 aromatic heterocycles. The monoisotopic (exact) mass is 425 g/mol. The minimum absolute atomic E-state index is 0.0281. The van der Waals surface area contributed by atoms with Crippen molar-refractivity contribution in [3.05, 3.63) is 59.4 Å². The van der Waals surface area contributed by atoms with Crippen LogP contribution in [0.1, 0.15) is 30.4 Å². The molecule has 0 saturated carbocycles. The number of rotatable bonds is 9.